The van der Waals surface area contributed by atoms with Gasteiger partial charge in [0.2, 0.25) is 5.13 Å². The van der Waals surface area contributed by atoms with Crippen LogP contribution in [0.25, 0.3) is 0 Å². The third-order valence-corrected chi connectivity index (χ3v) is 5.97. The molecule has 0 saturated heterocycles. The Morgan fingerprint density at radius 1 is 1.26 bits per heavy atom. The molecule has 0 bridgehead atoms. The van der Waals surface area contributed by atoms with Gasteiger partial charge in [0, 0.05) is 23.2 Å². The van der Waals surface area contributed by atoms with Crippen LogP contribution in [0.15, 0.2) is 34.0 Å². The topological polar surface area (TPSA) is 59.9 Å². The predicted octanol–water partition coefficient (Wildman–Crippen LogP) is 4.56. The highest BCUT2D eigenvalue weighted by molar-refractivity contribution is 8.00. The molecule has 120 valence electrons. The van der Waals surface area contributed by atoms with E-state index < -0.39 is 0 Å². The Hall–Kier alpha value is -1.35. The highest BCUT2D eigenvalue weighted by atomic mass is 35.5. The SMILES string of the molecule is CNc1nnc(SCc2csc(COc3ccc(Cl)cc3)n2)s1. The van der Waals surface area contributed by atoms with E-state index in [1.54, 1.807) is 23.1 Å². The Morgan fingerprint density at radius 3 is 2.83 bits per heavy atom. The first-order chi connectivity index (χ1) is 11.2. The van der Waals surface area contributed by atoms with Crippen LogP contribution >= 0.6 is 46.0 Å². The zero-order valence-electron chi connectivity index (χ0n) is 12.2. The lowest BCUT2D eigenvalue weighted by atomic mass is 10.3. The van der Waals surface area contributed by atoms with Crippen molar-refractivity contribution >= 4 is 51.2 Å². The van der Waals surface area contributed by atoms with E-state index in [4.69, 9.17) is 16.3 Å². The molecule has 23 heavy (non-hydrogen) atoms. The fourth-order valence-electron chi connectivity index (χ4n) is 1.66. The minimum absolute atomic E-state index is 0.458. The zero-order valence-corrected chi connectivity index (χ0v) is 15.4. The normalized spacial score (nSPS) is 10.7. The second-order valence-electron chi connectivity index (χ2n) is 4.39. The minimum Gasteiger partial charge on any atom is -0.486 e. The lowest BCUT2D eigenvalue weighted by Gasteiger charge is -2.03. The van der Waals surface area contributed by atoms with E-state index in [1.165, 1.54) is 11.3 Å². The van der Waals surface area contributed by atoms with Crippen molar-refractivity contribution < 1.29 is 4.74 Å². The van der Waals surface area contributed by atoms with Crippen LogP contribution < -0.4 is 10.1 Å². The van der Waals surface area contributed by atoms with Crippen molar-refractivity contribution in [1.82, 2.24) is 15.2 Å². The highest BCUT2D eigenvalue weighted by Crippen LogP contribution is 2.28. The van der Waals surface area contributed by atoms with Gasteiger partial charge in [-0.15, -0.1) is 21.5 Å². The lowest BCUT2D eigenvalue weighted by Crippen LogP contribution is -1.95. The summed E-state index contributed by atoms with van der Waals surface area (Å²) in [6.07, 6.45) is 0. The van der Waals surface area contributed by atoms with Crippen molar-refractivity contribution in [1.29, 1.82) is 0 Å². The molecule has 0 unspecified atom stereocenters. The summed E-state index contributed by atoms with van der Waals surface area (Å²) in [6.45, 7) is 0.458. The molecule has 0 aliphatic carbocycles. The molecule has 0 aliphatic heterocycles. The van der Waals surface area contributed by atoms with E-state index in [0.717, 1.165) is 31.7 Å². The standard InChI is InChI=1S/C14H13ClN4OS3/c1-16-13-18-19-14(23-13)22-8-10-7-21-12(17-10)6-20-11-4-2-9(15)3-5-11/h2-5,7H,6,8H2,1H3,(H,16,18). The fourth-order valence-corrected chi connectivity index (χ4v) is 4.20. The number of nitrogens with one attached hydrogen (secondary N) is 1. The Kier molecular flexibility index (Phi) is 5.71. The van der Waals surface area contributed by atoms with Gasteiger partial charge in [-0.05, 0) is 24.3 Å². The number of rotatable bonds is 7. The molecule has 0 amide bonds. The zero-order chi connectivity index (χ0) is 16.1. The van der Waals surface area contributed by atoms with Crippen LogP contribution in [0.1, 0.15) is 10.7 Å². The van der Waals surface area contributed by atoms with Crippen LogP contribution in [-0.4, -0.2) is 22.2 Å². The molecule has 2 aromatic heterocycles. The minimum atomic E-state index is 0.458. The van der Waals surface area contributed by atoms with Crippen molar-refractivity contribution in [2.45, 2.75) is 16.7 Å². The highest BCUT2D eigenvalue weighted by Gasteiger charge is 2.07. The summed E-state index contributed by atoms with van der Waals surface area (Å²) in [4.78, 5) is 4.57. The van der Waals surface area contributed by atoms with Crippen LogP contribution in [0.4, 0.5) is 5.13 Å². The Morgan fingerprint density at radius 2 is 2.09 bits per heavy atom. The van der Waals surface area contributed by atoms with Crippen LogP contribution in [0.3, 0.4) is 0 Å². The number of nitrogens with zero attached hydrogens (tertiary/aromatic N) is 3. The molecule has 3 rings (SSSR count). The summed E-state index contributed by atoms with van der Waals surface area (Å²) >= 11 is 10.6. The van der Waals surface area contributed by atoms with Crippen LogP contribution in [0.5, 0.6) is 5.75 Å². The molecule has 5 nitrogen and oxygen atoms in total. The number of hydrogen-bond donors (Lipinski definition) is 1. The van der Waals surface area contributed by atoms with Gasteiger partial charge in [-0.25, -0.2) is 4.98 Å². The smallest absolute Gasteiger partial charge is 0.206 e. The second-order valence-corrected chi connectivity index (χ2v) is 7.97. The van der Waals surface area contributed by atoms with Crippen LogP contribution in [0, 0.1) is 0 Å². The number of benzene rings is 1. The van der Waals surface area contributed by atoms with E-state index in [-0.39, 0.29) is 0 Å². The number of anilines is 1. The predicted molar refractivity (Wildman–Crippen MR) is 96.9 cm³/mol. The van der Waals surface area contributed by atoms with Crippen LogP contribution in [-0.2, 0) is 12.4 Å². The molecular weight excluding hydrogens is 372 g/mol. The van der Waals surface area contributed by atoms with Crippen LogP contribution in [0.2, 0.25) is 5.02 Å². The van der Waals surface area contributed by atoms with Gasteiger partial charge >= 0.3 is 0 Å². The molecule has 1 aromatic carbocycles. The summed E-state index contributed by atoms with van der Waals surface area (Å²) in [6, 6.07) is 7.31. The van der Waals surface area contributed by atoms with Crippen molar-refractivity contribution in [3.05, 3.63) is 45.4 Å². The van der Waals surface area contributed by atoms with Gasteiger partial charge in [0.05, 0.1) is 5.69 Å². The number of hydrogen-bond acceptors (Lipinski definition) is 8. The second kappa shape index (κ2) is 7.96. The van der Waals surface area contributed by atoms with Gasteiger partial charge in [-0.3, -0.25) is 0 Å². The summed E-state index contributed by atoms with van der Waals surface area (Å²) in [7, 11) is 1.84. The number of ether oxygens (including phenoxy) is 1. The van der Waals surface area contributed by atoms with Crippen molar-refractivity contribution in [2.75, 3.05) is 12.4 Å². The quantitative estimate of drug-likeness (QED) is 0.602. The molecule has 0 aliphatic rings. The number of thiazole rings is 1. The van der Waals surface area contributed by atoms with E-state index in [0.29, 0.717) is 11.6 Å². The maximum atomic E-state index is 5.85. The molecule has 2 heterocycles. The third-order valence-electron chi connectivity index (χ3n) is 2.74. The molecule has 0 fully saturated rings. The van der Waals surface area contributed by atoms with E-state index >= 15 is 0 Å². The van der Waals surface area contributed by atoms with Gasteiger partial charge in [-0.1, -0.05) is 34.7 Å². The first kappa shape index (κ1) is 16.5. The molecule has 3 aromatic rings. The maximum absolute atomic E-state index is 5.85. The molecule has 0 spiro atoms. The third kappa shape index (κ3) is 4.81. The molecule has 9 heteroatoms. The van der Waals surface area contributed by atoms with Crippen molar-refractivity contribution in [3.8, 4) is 5.75 Å². The Labute approximate surface area is 151 Å². The first-order valence-corrected chi connectivity index (χ1v) is 9.74. The number of thioether (sulfide) groups is 1. The van der Waals surface area contributed by atoms with Crippen molar-refractivity contribution in [2.24, 2.45) is 0 Å². The largest absolute Gasteiger partial charge is 0.486 e. The average molecular weight is 385 g/mol. The van der Waals surface area contributed by atoms with Gasteiger partial charge in [-0.2, -0.15) is 0 Å². The van der Waals surface area contributed by atoms with Crippen molar-refractivity contribution in [3.63, 3.8) is 0 Å². The van der Waals surface area contributed by atoms with E-state index in [1.807, 2.05) is 36.7 Å². The number of halogens is 1. The summed E-state index contributed by atoms with van der Waals surface area (Å²) in [5.74, 6) is 1.56. The molecule has 0 radical (unpaired) electrons. The molecular formula is C14H13ClN4OS3. The van der Waals surface area contributed by atoms with E-state index in [9.17, 15) is 0 Å². The summed E-state index contributed by atoms with van der Waals surface area (Å²) < 4.78 is 6.63. The lowest BCUT2D eigenvalue weighted by molar-refractivity contribution is 0.305. The summed E-state index contributed by atoms with van der Waals surface area (Å²) in [5.41, 5.74) is 1.02. The van der Waals surface area contributed by atoms with Gasteiger partial charge in [0.1, 0.15) is 17.4 Å². The van der Waals surface area contributed by atoms with Gasteiger partial charge in [0.25, 0.3) is 0 Å². The molecule has 0 atom stereocenters. The van der Waals surface area contributed by atoms with Gasteiger partial charge < -0.3 is 10.1 Å². The monoisotopic (exact) mass is 384 g/mol. The molecule has 0 saturated carbocycles. The van der Waals surface area contributed by atoms with Gasteiger partial charge in [0.15, 0.2) is 4.34 Å². The Bertz CT molecular complexity index is 759. The number of aromatic nitrogens is 3. The maximum Gasteiger partial charge on any atom is 0.206 e. The molecule has 1 N–H and O–H groups in total. The summed E-state index contributed by atoms with van der Waals surface area (Å²) in [5, 5.41) is 15.6. The Balaban J connectivity index is 1.50. The first-order valence-electron chi connectivity index (χ1n) is 6.68. The average Bonchev–Trinajstić information content (AvgIpc) is 3.21. The van der Waals surface area contributed by atoms with E-state index in [2.05, 4.69) is 20.5 Å². The fraction of sp³-hybridized carbons (Fsp3) is 0.214.